The van der Waals surface area contributed by atoms with Crippen LogP contribution in [0, 0.1) is 0 Å². The van der Waals surface area contributed by atoms with Gasteiger partial charge in [-0.05, 0) is 26.7 Å². The number of likely N-dealkylation sites (tertiary alicyclic amines) is 1. The van der Waals surface area contributed by atoms with Crippen LogP contribution in [-0.2, 0) is 9.53 Å². The molecule has 0 radical (unpaired) electrons. The normalized spacial score (nSPS) is 16.7. The summed E-state index contributed by atoms with van der Waals surface area (Å²) >= 11 is 0. The maximum absolute atomic E-state index is 12.1. The molecule has 104 valence electrons. The van der Waals surface area contributed by atoms with Crippen molar-refractivity contribution in [3.63, 3.8) is 0 Å². The van der Waals surface area contributed by atoms with Gasteiger partial charge >= 0.3 is 12.0 Å². The predicted octanol–water partition coefficient (Wildman–Crippen LogP) is 1.01. The zero-order valence-corrected chi connectivity index (χ0v) is 11.1. The predicted molar refractivity (Wildman–Crippen MR) is 66.5 cm³/mol. The van der Waals surface area contributed by atoms with E-state index in [-0.39, 0.29) is 18.7 Å². The van der Waals surface area contributed by atoms with Gasteiger partial charge in [-0.2, -0.15) is 0 Å². The van der Waals surface area contributed by atoms with Crippen molar-refractivity contribution in [3.05, 3.63) is 0 Å². The van der Waals surface area contributed by atoms with Gasteiger partial charge in [-0.3, -0.25) is 0 Å². The van der Waals surface area contributed by atoms with E-state index in [1.54, 1.807) is 4.90 Å². The first-order valence-corrected chi connectivity index (χ1v) is 6.45. The summed E-state index contributed by atoms with van der Waals surface area (Å²) in [6.07, 6.45) is 1.38. The second kappa shape index (κ2) is 7.20. The molecule has 18 heavy (non-hydrogen) atoms. The van der Waals surface area contributed by atoms with Crippen molar-refractivity contribution in [2.45, 2.75) is 32.8 Å². The number of carbonyl (C=O) groups is 2. The van der Waals surface area contributed by atoms with E-state index in [9.17, 15) is 9.59 Å². The molecule has 1 heterocycles. The van der Waals surface area contributed by atoms with Crippen LogP contribution in [0.25, 0.3) is 0 Å². The molecule has 0 aromatic carbocycles. The Morgan fingerprint density at radius 1 is 1.28 bits per heavy atom. The highest BCUT2D eigenvalue weighted by atomic mass is 16.5. The lowest BCUT2D eigenvalue weighted by Crippen LogP contribution is -2.47. The molecule has 0 unspecified atom stereocenters. The molecular formula is C12H22N2O4. The molecule has 0 atom stereocenters. The number of hydrogen-bond donors (Lipinski definition) is 1. The molecule has 0 aliphatic carbocycles. The minimum atomic E-state index is -0.948. The summed E-state index contributed by atoms with van der Waals surface area (Å²) in [5, 5.41) is 8.52. The molecule has 0 saturated carbocycles. The van der Waals surface area contributed by atoms with E-state index in [1.165, 1.54) is 0 Å². The quantitative estimate of drug-likeness (QED) is 0.799. The van der Waals surface area contributed by atoms with Gasteiger partial charge in [0.25, 0.3) is 0 Å². The van der Waals surface area contributed by atoms with Gasteiger partial charge in [-0.25, -0.2) is 9.59 Å². The molecule has 0 bridgehead atoms. The molecule has 0 aromatic rings. The number of aliphatic carboxylic acids is 1. The third-order valence-corrected chi connectivity index (χ3v) is 3.19. The molecule has 2 amide bonds. The van der Waals surface area contributed by atoms with Crippen LogP contribution in [0.15, 0.2) is 0 Å². The van der Waals surface area contributed by atoms with Crippen molar-refractivity contribution in [1.82, 2.24) is 9.80 Å². The topological polar surface area (TPSA) is 70.1 Å². The van der Waals surface area contributed by atoms with Crippen LogP contribution in [0.5, 0.6) is 0 Å². The molecule has 0 aromatic heterocycles. The first-order chi connectivity index (χ1) is 8.58. The maximum atomic E-state index is 12.1. The Hall–Kier alpha value is -1.30. The van der Waals surface area contributed by atoms with E-state index in [4.69, 9.17) is 9.84 Å². The SMILES string of the molecule is CCN(CC)C(=O)N1CCC(OCC(=O)O)CC1. The molecule has 0 spiro atoms. The summed E-state index contributed by atoms with van der Waals surface area (Å²) < 4.78 is 5.23. The molecule has 6 nitrogen and oxygen atoms in total. The van der Waals surface area contributed by atoms with Crippen LogP contribution < -0.4 is 0 Å². The van der Waals surface area contributed by atoms with Gasteiger partial charge in [0.1, 0.15) is 6.61 Å². The molecule has 1 fully saturated rings. The fraction of sp³-hybridized carbons (Fsp3) is 0.833. The summed E-state index contributed by atoms with van der Waals surface area (Å²) in [6.45, 7) is 6.37. The first-order valence-electron chi connectivity index (χ1n) is 6.45. The third kappa shape index (κ3) is 4.18. The van der Waals surface area contributed by atoms with Gasteiger partial charge in [0.05, 0.1) is 6.10 Å². The fourth-order valence-corrected chi connectivity index (χ4v) is 2.10. The van der Waals surface area contributed by atoms with Crippen molar-refractivity contribution in [1.29, 1.82) is 0 Å². The number of carbonyl (C=O) groups excluding carboxylic acids is 1. The van der Waals surface area contributed by atoms with Crippen LogP contribution in [-0.4, -0.2) is 65.8 Å². The molecule has 1 aliphatic heterocycles. The number of ether oxygens (including phenoxy) is 1. The number of rotatable bonds is 5. The van der Waals surface area contributed by atoms with Crippen LogP contribution >= 0.6 is 0 Å². The molecule has 1 aliphatic rings. The maximum Gasteiger partial charge on any atom is 0.329 e. The Balaban J connectivity index is 2.34. The first kappa shape index (κ1) is 14.8. The summed E-state index contributed by atoms with van der Waals surface area (Å²) in [4.78, 5) is 26.0. The van der Waals surface area contributed by atoms with E-state index in [0.29, 0.717) is 39.0 Å². The van der Waals surface area contributed by atoms with Crippen LogP contribution in [0.4, 0.5) is 4.79 Å². The van der Waals surface area contributed by atoms with E-state index >= 15 is 0 Å². The number of nitrogens with zero attached hydrogens (tertiary/aromatic N) is 2. The Morgan fingerprint density at radius 3 is 2.28 bits per heavy atom. The standard InChI is InChI=1S/C12H22N2O4/c1-3-13(4-2)12(17)14-7-5-10(6-8-14)18-9-11(15)16/h10H,3-9H2,1-2H3,(H,15,16). The van der Waals surface area contributed by atoms with Gasteiger partial charge in [0.15, 0.2) is 0 Å². The number of urea groups is 1. The Kier molecular flexibility index (Phi) is 5.91. The molecule has 1 rings (SSSR count). The number of carboxylic acids is 1. The second-order valence-electron chi connectivity index (χ2n) is 4.35. The monoisotopic (exact) mass is 258 g/mol. The van der Waals surface area contributed by atoms with E-state index < -0.39 is 5.97 Å². The second-order valence-corrected chi connectivity index (χ2v) is 4.35. The minimum Gasteiger partial charge on any atom is -0.480 e. The highest BCUT2D eigenvalue weighted by Gasteiger charge is 2.25. The number of hydrogen-bond acceptors (Lipinski definition) is 3. The van der Waals surface area contributed by atoms with Gasteiger partial charge in [0, 0.05) is 26.2 Å². The zero-order chi connectivity index (χ0) is 13.5. The number of piperidine rings is 1. The Labute approximate surface area is 107 Å². The van der Waals surface area contributed by atoms with Crippen LogP contribution in [0.1, 0.15) is 26.7 Å². The van der Waals surface area contributed by atoms with Crippen molar-refractivity contribution in [2.24, 2.45) is 0 Å². The summed E-state index contributed by atoms with van der Waals surface area (Å²) in [7, 11) is 0. The minimum absolute atomic E-state index is 0.0400. The van der Waals surface area contributed by atoms with Crippen molar-refractivity contribution in [2.75, 3.05) is 32.8 Å². The van der Waals surface area contributed by atoms with Crippen LogP contribution in [0.3, 0.4) is 0 Å². The average Bonchev–Trinajstić information content (AvgIpc) is 2.38. The number of amides is 2. The summed E-state index contributed by atoms with van der Waals surface area (Å²) in [5.41, 5.74) is 0. The zero-order valence-electron chi connectivity index (χ0n) is 11.1. The van der Waals surface area contributed by atoms with E-state index in [1.807, 2.05) is 18.7 Å². The smallest absolute Gasteiger partial charge is 0.329 e. The van der Waals surface area contributed by atoms with Gasteiger partial charge in [-0.15, -0.1) is 0 Å². The van der Waals surface area contributed by atoms with Crippen LogP contribution in [0.2, 0.25) is 0 Å². The Morgan fingerprint density at radius 2 is 1.83 bits per heavy atom. The lowest BCUT2D eigenvalue weighted by molar-refractivity contribution is -0.145. The highest BCUT2D eigenvalue weighted by Crippen LogP contribution is 2.15. The third-order valence-electron chi connectivity index (χ3n) is 3.19. The fourth-order valence-electron chi connectivity index (χ4n) is 2.10. The lowest BCUT2D eigenvalue weighted by atomic mass is 10.1. The van der Waals surface area contributed by atoms with Crippen molar-refractivity contribution in [3.8, 4) is 0 Å². The summed E-state index contributed by atoms with van der Waals surface area (Å²) in [6, 6.07) is 0.0664. The summed E-state index contributed by atoms with van der Waals surface area (Å²) in [5.74, 6) is -0.948. The largest absolute Gasteiger partial charge is 0.480 e. The van der Waals surface area contributed by atoms with Gasteiger partial charge < -0.3 is 19.6 Å². The van der Waals surface area contributed by atoms with E-state index in [0.717, 1.165) is 0 Å². The number of carboxylic acid groups (broad SMARTS) is 1. The van der Waals surface area contributed by atoms with Crippen molar-refractivity contribution < 1.29 is 19.4 Å². The Bertz CT molecular complexity index is 284. The van der Waals surface area contributed by atoms with Gasteiger partial charge in [0.2, 0.25) is 0 Å². The van der Waals surface area contributed by atoms with Crippen molar-refractivity contribution >= 4 is 12.0 Å². The lowest BCUT2D eigenvalue weighted by Gasteiger charge is -2.34. The molecule has 1 saturated heterocycles. The molecule has 6 heteroatoms. The highest BCUT2D eigenvalue weighted by molar-refractivity contribution is 5.74. The molecular weight excluding hydrogens is 236 g/mol. The van der Waals surface area contributed by atoms with Gasteiger partial charge in [-0.1, -0.05) is 0 Å². The average molecular weight is 258 g/mol. The molecule has 1 N–H and O–H groups in total. The van der Waals surface area contributed by atoms with E-state index in [2.05, 4.69) is 0 Å².